The molecule has 2 saturated carbocycles. The minimum absolute atomic E-state index is 0.0244. The van der Waals surface area contributed by atoms with Crippen LogP contribution >= 0.6 is 0 Å². The van der Waals surface area contributed by atoms with Crippen molar-refractivity contribution in [2.75, 3.05) is 46.9 Å². The molecule has 0 bridgehead atoms. The average molecular weight is 394 g/mol. The molecule has 3 unspecified atom stereocenters. The number of hydrogen-bond donors (Lipinski definition) is 2. The van der Waals surface area contributed by atoms with E-state index in [1.165, 1.54) is 38.6 Å². The maximum atomic E-state index is 12.0. The lowest BCUT2D eigenvalue weighted by molar-refractivity contribution is -0.168. The third-order valence-electron chi connectivity index (χ3n) is 7.03. The summed E-state index contributed by atoms with van der Waals surface area (Å²) in [6, 6.07) is 0.946. The summed E-state index contributed by atoms with van der Waals surface area (Å²) >= 11 is 0. The molecule has 0 aromatic rings. The Labute approximate surface area is 170 Å². The van der Waals surface area contributed by atoms with Gasteiger partial charge in [0.2, 0.25) is 5.91 Å². The molecule has 1 saturated heterocycles. The van der Waals surface area contributed by atoms with E-state index < -0.39 is 0 Å². The number of aliphatic imine (C=N–C) groups is 1. The first-order valence-electron chi connectivity index (χ1n) is 11.1. The van der Waals surface area contributed by atoms with Gasteiger partial charge < -0.3 is 20.3 Å². The Morgan fingerprint density at radius 3 is 2.68 bits per heavy atom. The number of rotatable bonds is 8. The second-order valence-corrected chi connectivity index (χ2v) is 8.72. The monoisotopic (exact) mass is 393 g/mol. The van der Waals surface area contributed by atoms with Crippen LogP contribution in [0.1, 0.15) is 52.4 Å². The first-order valence-corrected chi connectivity index (χ1v) is 11.1. The number of likely N-dealkylation sites (N-methyl/N-ethyl adjacent to an activating group) is 2. The largest absolute Gasteiger partial charge is 0.378 e. The molecule has 1 amide bonds. The lowest BCUT2D eigenvalue weighted by Crippen LogP contribution is -2.68. The van der Waals surface area contributed by atoms with Crippen molar-refractivity contribution >= 4 is 11.9 Å². The van der Waals surface area contributed by atoms with Gasteiger partial charge in [-0.15, -0.1) is 0 Å². The van der Waals surface area contributed by atoms with Gasteiger partial charge in [-0.05, 0) is 52.1 Å². The molecule has 3 fully saturated rings. The van der Waals surface area contributed by atoms with Gasteiger partial charge in [0.05, 0.1) is 6.10 Å². The average Bonchev–Trinajstić information content (AvgIpc) is 3.08. The van der Waals surface area contributed by atoms with Gasteiger partial charge in [0.25, 0.3) is 0 Å². The Kier molecular flexibility index (Phi) is 7.20. The molecule has 2 N–H and O–H groups in total. The second-order valence-electron chi connectivity index (χ2n) is 8.72. The zero-order chi connectivity index (χ0) is 20.1. The summed E-state index contributed by atoms with van der Waals surface area (Å²) in [6.45, 7) is 8.42. The first-order chi connectivity index (χ1) is 13.5. The van der Waals surface area contributed by atoms with Crippen LogP contribution in [0, 0.1) is 5.41 Å². The summed E-state index contributed by atoms with van der Waals surface area (Å²) in [6.07, 6.45) is 7.64. The summed E-state index contributed by atoms with van der Waals surface area (Å²) in [5.74, 6) is 0.806. The molecule has 160 valence electrons. The number of nitrogens with one attached hydrogen (secondary N) is 2. The Hall–Kier alpha value is -1.34. The molecule has 0 aromatic heterocycles. The zero-order valence-corrected chi connectivity index (χ0v) is 18.2. The predicted molar refractivity (Wildman–Crippen MR) is 113 cm³/mol. The van der Waals surface area contributed by atoms with Crippen molar-refractivity contribution in [1.82, 2.24) is 20.4 Å². The van der Waals surface area contributed by atoms with E-state index >= 15 is 0 Å². The fraction of sp³-hybridized carbons (Fsp3) is 0.905. The zero-order valence-electron chi connectivity index (χ0n) is 18.2. The second kappa shape index (κ2) is 9.44. The molecule has 7 heteroatoms. The molecule has 1 spiro atoms. The van der Waals surface area contributed by atoms with Gasteiger partial charge in [-0.25, -0.2) is 4.99 Å². The third kappa shape index (κ3) is 4.46. The van der Waals surface area contributed by atoms with Gasteiger partial charge in [-0.3, -0.25) is 9.69 Å². The Morgan fingerprint density at radius 1 is 1.29 bits per heavy atom. The normalized spacial score (nSPS) is 29.3. The van der Waals surface area contributed by atoms with Crippen LogP contribution in [-0.4, -0.2) is 86.7 Å². The van der Waals surface area contributed by atoms with Gasteiger partial charge in [0.15, 0.2) is 5.96 Å². The van der Waals surface area contributed by atoms with E-state index in [4.69, 9.17) is 4.74 Å². The van der Waals surface area contributed by atoms with Crippen LogP contribution in [0.15, 0.2) is 4.99 Å². The molecule has 1 heterocycles. The van der Waals surface area contributed by atoms with E-state index in [0.717, 1.165) is 32.1 Å². The molecule has 3 atom stereocenters. The summed E-state index contributed by atoms with van der Waals surface area (Å²) < 4.78 is 5.98. The van der Waals surface area contributed by atoms with Gasteiger partial charge in [0, 0.05) is 44.7 Å². The van der Waals surface area contributed by atoms with Crippen molar-refractivity contribution in [3.05, 3.63) is 0 Å². The molecule has 7 nitrogen and oxygen atoms in total. The molecule has 0 radical (unpaired) electrons. The Morgan fingerprint density at radius 2 is 2.07 bits per heavy atom. The maximum absolute atomic E-state index is 12.0. The van der Waals surface area contributed by atoms with Crippen LogP contribution in [0.4, 0.5) is 0 Å². The highest BCUT2D eigenvalue weighted by atomic mass is 16.5. The van der Waals surface area contributed by atoms with E-state index in [1.807, 2.05) is 0 Å². The number of ether oxygens (including phenoxy) is 1. The highest BCUT2D eigenvalue weighted by Crippen LogP contribution is 2.57. The Bertz CT molecular complexity index is 561. The Balaban J connectivity index is 1.61. The van der Waals surface area contributed by atoms with Crippen LogP contribution in [-0.2, 0) is 9.53 Å². The third-order valence-corrected chi connectivity index (χ3v) is 7.03. The topological polar surface area (TPSA) is 69.2 Å². The van der Waals surface area contributed by atoms with E-state index in [2.05, 4.69) is 34.4 Å². The molecule has 3 aliphatic rings. The molecule has 28 heavy (non-hydrogen) atoms. The van der Waals surface area contributed by atoms with Gasteiger partial charge >= 0.3 is 0 Å². The van der Waals surface area contributed by atoms with Crippen molar-refractivity contribution < 1.29 is 9.53 Å². The number of likely N-dealkylation sites (tertiary alicyclic amines) is 1. The van der Waals surface area contributed by atoms with Gasteiger partial charge in [0.1, 0.15) is 6.54 Å². The minimum Gasteiger partial charge on any atom is -0.378 e. The fourth-order valence-corrected chi connectivity index (χ4v) is 5.00. The van der Waals surface area contributed by atoms with Crippen molar-refractivity contribution in [2.24, 2.45) is 10.4 Å². The van der Waals surface area contributed by atoms with E-state index in [-0.39, 0.29) is 17.9 Å². The number of nitrogens with zero attached hydrogens (tertiary/aromatic N) is 3. The molecular weight excluding hydrogens is 354 g/mol. The smallest absolute Gasteiger partial charge is 0.243 e. The van der Waals surface area contributed by atoms with E-state index in [1.54, 1.807) is 19.0 Å². The highest BCUT2D eigenvalue weighted by Gasteiger charge is 2.59. The van der Waals surface area contributed by atoms with E-state index in [0.29, 0.717) is 18.2 Å². The molecular formula is C21H39N5O2. The first kappa shape index (κ1) is 21.4. The lowest BCUT2D eigenvalue weighted by atomic mass is 9.51. The fourth-order valence-electron chi connectivity index (χ4n) is 5.00. The summed E-state index contributed by atoms with van der Waals surface area (Å²) in [5, 5.41) is 7.19. The maximum Gasteiger partial charge on any atom is 0.243 e. The van der Waals surface area contributed by atoms with Crippen molar-refractivity contribution in [3.63, 3.8) is 0 Å². The summed E-state index contributed by atoms with van der Waals surface area (Å²) in [5.41, 5.74) is 0.271. The van der Waals surface area contributed by atoms with Gasteiger partial charge in [-0.1, -0.05) is 13.3 Å². The minimum atomic E-state index is 0.0244. The van der Waals surface area contributed by atoms with Crippen LogP contribution in [0.25, 0.3) is 0 Å². The molecule has 3 rings (SSSR count). The summed E-state index contributed by atoms with van der Waals surface area (Å²) in [7, 11) is 3.55. The van der Waals surface area contributed by atoms with Crippen molar-refractivity contribution in [1.29, 1.82) is 0 Å². The number of amides is 1. The predicted octanol–water partition coefficient (Wildman–Crippen LogP) is 1.44. The lowest BCUT2D eigenvalue weighted by Gasteiger charge is -2.61. The standard InChI is InChI=1S/C21H39N5O2/c1-5-26-12-7-9-16(26)14-22-20(23-15-19(27)25(3)4)24-17-13-18(28-6-2)21(17)10-8-11-21/h16-18H,5-15H2,1-4H3,(H2,22,23,24). The number of carbonyl (C=O) groups excluding carboxylic acids is 1. The highest BCUT2D eigenvalue weighted by molar-refractivity contribution is 5.85. The van der Waals surface area contributed by atoms with Crippen LogP contribution < -0.4 is 10.6 Å². The number of carbonyl (C=O) groups is 1. The molecule has 0 aromatic carbocycles. The number of guanidine groups is 1. The number of hydrogen-bond acceptors (Lipinski definition) is 4. The van der Waals surface area contributed by atoms with Crippen molar-refractivity contribution in [3.8, 4) is 0 Å². The van der Waals surface area contributed by atoms with Crippen LogP contribution in [0.5, 0.6) is 0 Å². The quantitative estimate of drug-likeness (QED) is 0.482. The van der Waals surface area contributed by atoms with Gasteiger partial charge in [-0.2, -0.15) is 0 Å². The van der Waals surface area contributed by atoms with Crippen molar-refractivity contribution in [2.45, 2.75) is 70.6 Å². The molecule has 2 aliphatic carbocycles. The molecule has 1 aliphatic heterocycles. The summed E-state index contributed by atoms with van der Waals surface area (Å²) in [4.78, 5) is 20.8. The van der Waals surface area contributed by atoms with Crippen LogP contribution in [0.2, 0.25) is 0 Å². The SMILES string of the molecule is CCOC1CC(NC(=NCC(=O)N(C)C)NCC2CCCN2CC)C12CCC2. The van der Waals surface area contributed by atoms with Crippen LogP contribution in [0.3, 0.4) is 0 Å². The van der Waals surface area contributed by atoms with E-state index in [9.17, 15) is 4.79 Å².